The van der Waals surface area contributed by atoms with Crippen LogP contribution in [0.15, 0.2) is 40.2 Å². The number of aromatic nitrogens is 3. The molecule has 2 aromatic rings. The normalized spacial score (nSPS) is 23.4. The molecule has 17 heteroatoms. The van der Waals surface area contributed by atoms with Crippen LogP contribution in [0.3, 0.4) is 0 Å². The first kappa shape index (κ1) is 29.5. The van der Waals surface area contributed by atoms with Gasteiger partial charge in [0.25, 0.3) is 5.56 Å². The van der Waals surface area contributed by atoms with Gasteiger partial charge in [0.2, 0.25) is 0 Å². The number of nitrogens with zero attached hydrogens (tertiary/aromatic N) is 4. The number of aliphatic hydroxyl groups excluding tert-OH is 2. The maximum absolute atomic E-state index is 13.2. The summed E-state index contributed by atoms with van der Waals surface area (Å²) in [5.41, 5.74) is -0.125. The Kier molecular flexibility index (Phi) is 10.1. The van der Waals surface area contributed by atoms with Gasteiger partial charge >= 0.3 is 22.1 Å². The number of hydrogen-bond donors (Lipinski definition) is 5. The molecule has 0 radical (unpaired) electrons. The topological polar surface area (TPSA) is 206 Å². The number of pyridine rings is 1. The summed E-state index contributed by atoms with van der Waals surface area (Å²) in [5, 5.41) is 20.8. The van der Waals surface area contributed by atoms with Gasteiger partial charge in [0.05, 0.1) is 18.8 Å². The van der Waals surface area contributed by atoms with Crippen molar-refractivity contribution in [3.05, 3.63) is 57.1 Å². The molecule has 15 nitrogen and oxygen atoms in total. The molecule has 0 amide bonds. The molecule has 2 aromatic heterocycles. The average molecular weight is 564 g/mol. The molecule has 0 saturated carbocycles. The third kappa shape index (κ3) is 7.30. The number of phosphoric acid groups is 1. The van der Waals surface area contributed by atoms with E-state index in [2.05, 4.69) is 25.6 Å². The maximum atomic E-state index is 13.2. The number of phosphoric ester groups is 1. The van der Waals surface area contributed by atoms with Crippen LogP contribution in [0.5, 0.6) is 0 Å². The molecule has 3 heterocycles. The largest absolute Gasteiger partial charge is 0.479 e. The van der Waals surface area contributed by atoms with Gasteiger partial charge in [-0.2, -0.15) is 0 Å². The van der Waals surface area contributed by atoms with Gasteiger partial charge in [-0.05, 0) is 25.5 Å². The van der Waals surface area contributed by atoms with Crippen LogP contribution in [0.1, 0.15) is 32.2 Å². The lowest BCUT2D eigenvalue weighted by atomic mass is 10.1. The van der Waals surface area contributed by atoms with Crippen LogP contribution in [-0.4, -0.2) is 77.0 Å². The molecular weight excluding hydrogens is 534 g/mol. The van der Waals surface area contributed by atoms with Gasteiger partial charge in [0, 0.05) is 37.2 Å². The van der Waals surface area contributed by atoms with Crippen LogP contribution >= 0.6 is 16.4 Å². The van der Waals surface area contributed by atoms with Crippen molar-refractivity contribution < 1.29 is 43.0 Å². The highest BCUT2D eigenvalue weighted by Gasteiger charge is 2.45. The Labute approximate surface area is 212 Å². The smallest absolute Gasteiger partial charge is 0.387 e. The SMILES string of the molecule is CCCN(CC)c1ccnc(Cn2c(=O)ccn(C3OC(COP(=O)(O)OP(O)O)C(O)C3O)c2=O)c1. The lowest BCUT2D eigenvalue weighted by Gasteiger charge is -2.23. The molecule has 0 aliphatic carbocycles. The lowest BCUT2D eigenvalue weighted by molar-refractivity contribution is -0.0546. The predicted molar refractivity (Wildman–Crippen MR) is 131 cm³/mol. The summed E-state index contributed by atoms with van der Waals surface area (Å²) >= 11 is 0. The molecule has 1 aliphatic heterocycles. The van der Waals surface area contributed by atoms with Crippen molar-refractivity contribution >= 4 is 22.1 Å². The first-order chi connectivity index (χ1) is 17.5. The van der Waals surface area contributed by atoms with E-state index in [1.807, 2.05) is 13.0 Å². The zero-order valence-electron chi connectivity index (χ0n) is 20.1. The van der Waals surface area contributed by atoms with Crippen LogP contribution in [0.25, 0.3) is 0 Å². The van der Waals surface area contributed by atoms with E-state index in [0.29, 0.717) is 5.69 Å². The van der Waals surface area contributed by atoms with Crippen molar-refractivity contribution in [1.29, 1.82) is 0 Å². The Bertz CT molecular complexity index is 1220. The summed E-state index contributed by atoms with van der Waals surface area (Å²) in [6.45, 7) is 4.70. The molecule has 0 bridgehead atoms. The van der Waals surface area contributed by atoms with E-state index in [4.69, 9.17) is 14.5 Å². The summed E-state index contributed by atoms with van der Waals surface area (Å²) in [7, 11) is -8.08. The van der Waals surface area contributed by atoms with Crippen LogP contribution in [0.4, 0.5) is 5.69 Å². The third-order valence-electron chi connectivity index (χ3n) is 5.65. The van der Waals surface area contributed by atoms with Gasteiger partial charge in [-0.3, -0.25) is 23.4 Å². The number of anilines is 1. The Morgan fingerprint density at radius 3 is 2.59 bits per heavy atom. The second kappa shape index (κ2) is 12.7. The number of rotatable bonds is 12. The van der Waals surface area contributed by atoms with Crippen LogP contribution in [0.2, 0.25) is 0 Å². The van der Waals surface area contributed by atoms with Gasteiger partial charge < -0.3 is 34.5 Å². The highest BCUT2D eigenvalue weighted by atomic mass is 31.3. The van der Waals surface area contributed by atoms with E-state index in [1.54, 1.807) is 12.3 Å². The van der Waals surface area contributed by atoms with E-state index < -0.39 is 58.8 Å². The number of hydrogen-bond acceptors (Lipinski definition) is 12. The second-order valence-corrected chi connectivity index (χ2v) is 10.5. The Hall–Kier alpha value is -2.03. The molecule has 5 atom stereocenters. The monoisotopic (exact) mass is 564 g/mol. The summed E-state index contributed by atoms with van der Waals surface area (Å²) in [5.74, 6) is 0. The third-order valence-corrected chi connectivity index (χ3v) is 7.53. The molecular formula is C20H30N4O11P2. The zero-order chi connectivity index (χ0) is 27.3. The fourth-order valence-corrected chi connectivity index (χ4v) is 5.16. The van der Waals surface area contributed by atoms with Crippen molar-refractivity contribution in [2.75, 3.05) is 24.6 Å². The van der Waals surface area contributed by atoms with E-state index in [0.717, 1.165) is 46.6 Å². The van der Waals surface area contributed by atoms with Crippen LogP contribution < -0.4 is 16.1 Å². The number of aliphatic hydroxyl groups is 2. The second-order valence-electron chi connectivity index (χ2n) is 8.16. The van der Waals surface area contributed by atoms with Gasteiger partial charge in [0.15, 0.2) is 6.23 Å². The van der Waals surface area contributed by atoms with Gasteiger partial charge in [0.1, 0.15) is 18.3 Å². The minimum Gasteiger partial charge on any atom is -0.387 e. The number of ether oxygens (including phenoxy) is 1. The van der Waals surface area contributed by atoms with Crippen molar-refractivity contribution in [2.45, 2.75) is 51.4 Å². The van der Waals surface area contributed by atoms with E-state index in [-0.39, 0.29) is 6.54 Å². The molecule has 206 valence electrons. The van der Waals surface area contributed by atoms with Crippen molar-refractivity contribution in [3.8, 4) is 0 Å². The summed E-state index contributed by atoms with van der Waals surface area (Å²) in [4.78, 5) is 59.0. The fraction of sp³-hybridized carbons (Fsp3) is 0.550. The first-order valence-corrected chi connectivity index (χ1v) is 14.0. The summed E-state index contributed by atoms with van der Waals surface area (Å²) in [6, 6.07) is 4.70. The maximum Gasteiger partial charge on any atom is 0.479 e. The molecule has 0 aromatic carbocycles. The molecule has 37 heavy (non-hydrogen) atoms. The van der Waals surface area contributed by atoms with Crippen molar-refractivity contribution in [2.24, 2.45) is 0 Å². The van der Waals surface area contributed by atoms with Crippen molar-refractivity contribution in [3.63, 3.8) is 0 Å². The molecule has 1 saturated heterocycles. The average Bonchev–Trinajstić information content (AvgIpc) is 3.12. The van der Waals surface area contributed by atoms with Crippen LogP contribution in [-0.2, 0) is 24.7 Å². The highest BCUT2D eigenvalue weighted by Crippen LogP contribution is 2.53. The summed E-state index contributed by atoms with van der Waals surface area (Å²) in [6.07, 6.45) is -2.56. The van der Waals surface area contributed by atoms with E-state index >= 15 is 0 Å². The highest BCUT2D eigenvalue weighted by molar-refractivity contribution is 7.57. The Morgan fingerprint density at radius 1 is 1.22 bits per heavy atom. The predicted octanol–water partition coefficient (Wildman–Crippen LogP) is -0.346. The molecule has 1 fully saturated rings. The van der Waals surface area contributed by atoms with Crippen molar-refractivity contribution in [1.82, 2.24) is 14.1 Å². The van der Waals surface area contributed by atoms with Gasteiger partial charge in [-0.1, -0.05) is 6.92 Å². The molecule has 5 N–H and O–H groups in total. The Morgan fingerprint density at radius 2 is 1.95 bits per heavy atom. The standard InChI is InChI=1S/C20H30N4O11P2/c1-3-8-22(4-2)14-5-7-21-13(10-14)11-24-16(25)6-9-23(20(24)28)19-18(27)17(26)15(34-19)12-33-37(31,32)35-36(29)30/h5-7,9-10,15,17-19,26-27,29-30H,3-4,8,11-12H2,1-2H3,(H,31,32). The van der Waals surface area contributed by atoms with E-state index in [1.165, 1.54) is 0 Å². The van der Waals surface area contributed by atoms with Gasteiger partial charge in [-0.15, -0.1) is 0 Å². The zero-order valence-corrected chi connectivity index (χ0v) is 21.9. The molecule has 1 aliphatic rings. The van der Waals surface area contributed by atoms with E-state index in [9.17, 15) is 29.3 Å². The minimum atomic E-state index is -4.89. The minimum absolute atomic E-state index is 0.162. The summed E-state index contributed by atoms with van der Waals surface area (Å²) < 4.78 is 27.5. The first-order valence-electron chi connectivity index (χ1n) is 11.4. The molecule has 5 unspecified atom stereocenters. The van der Waals surface area contributed by atoms with Gasteiger partial charge in [-0.25, -0.2) is 13.7 Å². The quantitative estimate of drug-likeness (QED) is 0.209. The fourth-order valence-electron chi connectivity index (χ4n) is 3.90. The Balaban J connectivity index is 1.82. The molecule has 3 rings (SSSR count). The lowest BCUT2D eigenvalue weighted by Crippen LogP contribution is -2.43. The van der Waals surface area contributed by atoms with Crippen LogP contribution in [0, 0.1) is 0 Å². The molecule has 0 spiro atoms.